The van der Waals surface area contributed by atoms with Crippen molar-refractivity contribution in [2.24, 2.45) is 11.8 Å². The first-order chi connectivity index (χ1) is 14.1. The van der Waals surface area contributed by atoms with Crippen LogP contribution >= 0.6 is 11.8 Å². The molecule has 29 heavy (non-hydrogen) atoms. The van der Waals surface area contributed by atoms with Gasteiger partial charge in [0.15, 0.2) is 0 Å². The molecule has 0 radical (unpaired) electrons. The molecule has 4 aliphatic carbocycles. The maximum absolute atomic E-state index is 12.8. The van der Waals surface area contributed by atoms with Gasteiger partial charge in [-0.05, 0) is 75.4 Å². The van der Waals surface area contributed by atoms with E-state index in [0.717, 1.165) is 31.2 Å². The van der Waals surface area contributed by atoms with Crippen LogP contribution in [0.1, 0.15) is 90.4 Å². The molecule has 2 unspecified atom stereocenters. The van der Waals surface area contributed by atoms with Gasteiger partial charge in [-0.25, -0.2) is 0 Å². The summed E-state index contributed by atoms with van der Waals surface area (Å²) in [7, 11) is 0. The number of carbonyl (C=O) groups is 1. The lowest BCUT2D eigenvalue weighted by Gasteiger charge is -2.62. The van der Waals surface area contributed by atoms with Gasteiger partial charge < -0.3 is 10.2 Å². The maximum atomic E-state index is 12.8. The number of rotatable bonds is 10. The molecule has 0 aromatic rings. The van der Waals surface area contributed by atoms with Crippen molar-refractivity contribution in [3.63, 3.8) is 0 Å². The topological polar surface area (TPSA) is 56.1 Å². The molecule has 1 heterocycles. The number of nitriles is 1. The molecule has 3 atom stereocenters. The van der Waals surface area contributed by atoms with Crippen LogP contribution in [0.15, 0.2) is 0 Å². The molecular weight excluding hydrogens is 378 g/mol. The summed E-state index contributed by atoms with van der Waals surface area (Å²) in [5, 5.41) is 13.1. The first-order valence-corrected chi connectivity index (χ1v) is 13.1. The number of nitrogens with one attached hydrogen (secondary N) is 1. The Morgan fingerprint density at radius 2 is 1.93 bits per heavy atom. The van der Waals surface area contributed by atoms with Crippen LogP contribution in [0.4, 0.5) is 0 Å². The summed E-state index contributed by atoms with van der Waals surface area (Å²) in [6.45, 7) is 3.47. The Hall–Kier alpha value is -0.730. The maximum Gasteiger partial charge on any atom is 0.237 e. The summed E-state index contributed by atoms with van der Waals surface area (Å²) in [5.74, 6) is 3.16. The number of amides is 1. The number of hydrogen-bond acceptors (Lipinski definition) is 4. The molecule has 0 spiro atoms. The van der Waals surface area contributed by atoms with Gasteiger partial charge in [-0.15, -0.1) is 0 Å². The Kier molecular flexibility index (Phi) is 6.81. The largest absolute Gasteiger partial charge is 0.326 e. The molecule has 162 valence electrons. The third-order valence-corrected chi connectivity index (χ3v) is 9.58. The first kappa shape index (κ1) is 21.5. The third kappa shape index (κ3) is 4.79. The molecule has 4 nitrogen and oxygen atoms in total. The van der Waals surface area contributed by atoms with Crippen LogP contribution in [0.25, 0.3) is 0 Å². The van der Waals surface area contributed by atoms with E-state index in [-0.39, 0.29) is 17.5 Å². The molecule has 1 saturated heterocycles. The molecular formula is C24H39N3OS. The lowest BCUT2D eigenvalue weighted by molar-refractivity contribution is -0.131. The normalized spacial score (nSPS) is 37.8. The van der Waals surface area contributed by atoms with E-state index < -0.39 is 0 Å². The van der Waals surface area contributed by atoms with Gasteiger partial charge >= 0.3 is 0 Å². The minimum absolute atomic E-state index is 0.141. The fourth-order valence-electron chi connectivity index (χ4n) is 7.11. The second kappa shape index (κ2) is 9.18. The van der Waals surface area contributed by atoms with Crippen LogP contribution in [0, 0.1) is 23.2 Å². The van der Waals surface area contributed by atoms with E-state index in [1.807, 2.05) is 4.90 Å². The zero-order chi connectivity index (χ0) is 20.3. The highest BCUT2D eigenvalue weighted by Crippen LogP contribution is 2.62. The lowest BCUT2D eigenvalue weighted by Crippen LogP contribution is -2.64. The Morgan fingerprint density at radius 1 is 1.17 bits per heavy atom. The molecule has 4 bridgehead atoms. The standard InChI is InChI=1S/C24H39N3OS/c1-2-3-4-5-6-10-29-24-14-19-11-20(15-24)13-23(12-19,18-24)26-17-22(28)27-9-7-8-21(27)16-25/h19-21,26H,2-15,17-18H2,1H3/t19?,20?,21-,23?,24?/m0/s1. The number of unbranched alkanes of at least 4 members (excludes halogenated alkanes) is 4. The van der Waals surface area contributed by atoms with Gasteiger partial charge in [0.2, 0.25) is 5.91 Å². The Bertz CT molecular complexity index is 616. The van der Waals surface area contributed by atoms with Crippen molar-refractivity contribution in [3.05, 3.63) is 0 Å². The summed E-state index contributed by atoms with van der Waals surface area (Å²) < 4.78 is 0.466. The van der Waals surface area contributed by atoms with E-state index in [1.165, 1.54) is 76.4 Å². The van der Waals surface area contributed by atoms with Crippen LogP contribution in [0.2, 0.25) is 0 Å². The molecule has 4 saturated carbocycles. The van der Waals surface area contributed by atoms with E-state index in [2.05, 4.69) is 30.1 Å². The van der Waals surface area contributed by atoms with Crippen molar-refractivity contribution in [2.75, 3.05) is 18.8 Å². The van der Waals surface area contributed by atoms with Crippen LogP contribution in [-0.2, 0) is 4.79 Å². The average Bonchev–Trinajstić information content (AvgIpc) is 3.17. The molecule has 0 aromatic heterocycles. The van der Waals surface area contributed by atoms with Crippen molar-refractivity contribution >= 4 is 17.7 Å². The van der Waals surface area contributed by atoms with Gasteiger partial charge in [-0.1, -0.05) is 32.6 Å². The van der Waals surface area contributed by atoms with E-state index in [4.69, 9.17) is 0 Å². The molecule has 5 heteroatoms. The number of carbonyl (C=O) groups excluding carboxylic acids is 1. The third-order valence-electron chi connectivity index (χ3n) is 8.00. The Labute approximate surface area is 181 Å². The molecule has 1 aliphatic heterocycles. The fourth-order valence-corrected chi connectivity index (χ4v) is 8.98. The summed E-state index contributed by atoms with van der Waals surface area (Å²) >= 11 is 2.28. The number of hydrogen-bond donors (Lipinski definition) is 1. The minimum Gasteiger partial charge on any atom is -0.326 e. The van der Waals surface area contributed by atoms with E-state index in [9.17, 15) is 10.1 Å². The van der Waals surface area contributed by atoms with Gasteiger partial charge in [-0.3, -0.25) is 4.79 Å². The molecule has 5 aliphatic rings. The Balaban J connectivity index is 1.32. The molecule has 0 aromatic carbocycles. The van der Waals surface area contributed by atoms with Gasteiger partial charge in [0.25, 0.3) is 0 Å². The number of nitrogens with zero attached hydrogens (tertiary/aromatic N) is 2. The fraction of sp³-hybridized carbons (Fsp3) is 0.917. The molecule has 5 rings (SSSR count). The predicted molar refractivity (Wildman–Crippen MR) is 120 cm³/mol. The van der Waals surface area contributed by atoms with Crippen LogP contribution in [0.3, 0.4) is 0 Å². The van der Waals surface area contributed by atoms with Crippen molar-refractivity contribution in [2.45, 2.75) is 107 Å². The average molecular weight is 418 g/mol. The van der Waals surface area contributed by atoms with E-state index >= 15 is 0 Å². The summed E-state index contributed by atoms with van der Waals surface area (Å²) in [5.41, 5.74) is 0.177. The molecule has 1 N–H and O–H groups in total. The van der Waals surface area contributed by atoms with Crippen molar-refractivity contribution in [1.82, 2.24) is 10.2 Å². The molecule has 5 fully saturated rings. The summed E-state index contributed by atoms with van der Waals surface area (Å²) in [6, 6.07) is 2.11. The SMILES string of the molecule is CCCCCCCSC12CC3CC(CC(NCC(=O)N4CCC[C@H]4C#N)(C3)C1)C2. The highest BCUT2D eigenvalue weighted by Gasteiger charge is 2.57. The monoisotopic (exact) mass is 417 g/mol. The van der Waals surface area contributed by atoms with Crippen molar-refractivity contribution in [3.8, 4) is 6.07 Å². The second-order valence-electron chi connectivity index (χ2n) is 10.4. The van der Waals surface area contributed by atoms with Gasteiger partial charge in [0.1, 0.15) is 6.04 Å². The Morgan fingerprint density at radius 3 is 2.66 bits per heavy atom. The smallest absolute Gasteiger partial charge is 0.237 e. The van der Waals surface area contributed by atoms with E-state index in [1.54, 1.807) is 0 Å². The quantitative estimate of drug-likeness (QED) is 0.514. The highest BCUT2D eigenvalue weighted by atomic mass is 32.2. The number of likely N-dealkylation sites (tertiary alicyclic amines) is 1. The molecule has 1 amide bonds. The summed E-state index contributed by atoms with van der Waals surface area (Å²) in [4.78, 5) is 14.6. The minimum atomic E-state index is -0.199. The summed E-state index contributed by atoms with van der Waals surface area (Å²) in [6.07, 6.45) is 16.7. The first-order valence-electron chi connectivity index (χ1n) is 12.2. The zero-order valence-corrected chi connectivity index (χ0v) is 19.1. The van der Waals surface area contributed by atoms with Crippen LogP contribution < -0.4 is 5.32 Å². The van der Waals surface area contributed by atoms with Gasteiger partial charge in [0, 0.05) is 16.8 Å². The predicted octanol–water partition coefficient (Wildman–Crippen LogP) is 4.89. The zero-order valence-electron chi connectivity index (χ0n) is 18.3. The van der Waals surface area contributed by atoms with Gasteiger partial charge in [-0.2, -0.15) is 17.0 Å². The second-order valence-corrected chi connectivity index (χ2v) is 12.0. The van der Waals surface area contributed by atoms with Crippen molar-refractivity contribution in [1.29, 1.82) is 5.26 Å². The van der Waals surface area contributed by atoms with Crippen LogP contribution in [0.5, 0.6) is 0 Å². The lowest BCUT2D eigenvalue weighted by atomic mass is 9.52. The van der Waals surface area contributed by atoms with Crippen molar-refractivity contribution < 1.29 is 4.79 Å². The van der Waals surface area contributed by atoms with Crippen LogP contribution in [-0.4, -0.2) is 46.0 Å². The highest BCUT2D eigenvalue weighted by molar-refractivity contribution is 8.00. The number of thioether (sulfide) groups is 1. The van der Waals surface area contributed by atoms with E-state index in [0.29, 0.717) is 11.3 Å². The van der Waals surface area contributed by atoms with Gasteiger partial charge in [0.05, 0.1) is 12.6 Å².